The number of nitrogens with one attached hydrogen (secondary N) is 1. The number of anilines is 1. The number of amidine groups is 1. The van der Waals surface area contributed by atoms with Crippen LogP contribution in [0.15, 0.2) is 33.8 Å². The zero-order valence-electron chi connectivity index (χ0n) is 13.9. The van der Waals surface area contributed by atoms with Crippen LogP contribution in [0.1, 0.15) is 27.2 Å². The highest BCUT2D eigenvalue weighted by Gasteiger charge is 2.28. The molecule has 1 heterocycles. The Morgan fingerprint density at radius 3 is 2.48 bits per heavy atom. The number of hydrogen-bond acceptors (Lipinski definition) is 4. The number of halogens is 1. The van der Waals surface area contributed by atoms with Crippen molar-refractivity contribution in [1.29, 1.82) is 0 Å². The number of benzene rings is 1. The van der Waals surface area contributed by atoms with Crippen molar-refractivity contribution in [3.63, 3.8) is 0 Å². The van der Waals surface area contributed by atoms with Gasteiger partial charge in [0.1, 0.15) is 0 Å². The van der Waals surface area contributed by atoms with Crippen molar-refractivity contribution in [2.45, 2.75) is 27.2 Å². The van der Waals surface area contributed by atoms with Crippen LogP contribution >= 0.6 is 15.9 Å². The van der Waals surface area contributed by atoms with E-state index in [4.69, 9.17) is 4.74 Å². The van der Waals surface area contributed by atoms with Crippen LogP contribution in [0.25, 0.3) is 0 Å². The van der Waals surface area contributed by atoms with Gasteiger partial charge in [0.15, 0.2) is 0 Å². The second-order valence-corrected chi connectivity index (χ2v) is 7.04. The van der Waals surface area contributed by atoms with Crippen molar-refractivity contribution >= 4 is 33.4 Å². The number of likely N-dealkylation sites (tertiary alicyclic amines) is 1. The molecule has 1 fully saturated rings. The van der Waals surface area contributed by atoms with E-state index in [0.29, 0.717) is 24.3 Å². The number of esters is 1. The van der Waals surface area contributed by atoms with Crippen molar-refractivity contribution in [2.75, 3.05) is 25.1 Å². The second kappa shape index (κ2) is 8.34. The van der Waals surface area contributed by atoms with E-state index >= 15 is 0 Å². The van der Waals surface area contributed by atoms with Crippen LogP contribution in [0, 0.1) is 11.8 Å². The molecule has 2 atom stereocenters. The van der Waals surface area contributed by atoms with E-state index in [1.165, 1.54) is 6.42 Å². The quantitative estimate of drug-likeness (QED) is 0.375. The van der Waals surface area contributed by atoms with Crippen LogP contribution in [-0.2, 0) is 9.53 Å². The van der Waals surface area contributed by atoms with Gasteiger partial charge >= 0.3 is 5.97 Å². The van der Waals surface area contributed by atoms with E-state index in [9.17, 15) is 4.79 Å². The molecule has 5 nitrogen and oxygen atoms in total. The average Bonchev–Trinajstić information content (AvgIpc) is 2.48. The number of piperidine rings is 1. The molecule has 0 radical (unpaired) electrons. The minimum Gasteiger partial charge on any atom is -0.460 e. The molecule has 0 aromatic heterocycles. The van der Waals surface area contributed by atoms with Crippen molar-refractivity contribution < 1.29 is 9.53 Å². The molecule has 1 aliphatic heterocycles. The van der Waals surface area contributed by atoms with Gasteiger partial charge in [0.05, 0.1) is 12.3 Å². The summed E-state index contributed by atoms with van der Waals surface area (Å²) < 4.78 is 6.17. The molecule has 1 aromatic carbocycles. The maximum absolute atomic E-state index is 12.3. The molecule has 0 amide bonds. The Balaban J connectivity index is 2.17. The van der Waals surface area contributed by atoms with Crippen LogP contribution in [-0.4, -0.2) is 36.4 Å². The number of carbonyl (C=O) groups is 1. The Hall–Kier alpha value is -1.56. The first-order valence-corrected chi connectivity index (χ1v) is 8.80. The number of rotatable bonds is 3. The minimum atomic E-state index is -0.376. The number of hydrazone groups is 1. The molecular weight excluding hydrogens is 358 g/mol. The van der Waals surface area contributed by atoms with Crippen molar-refractivity contribution in [3.8, 4) is 0 Å². The lowest BCUT2D eigenvalue weighted by Gasteiger charge is -2.36. The molecule has 1 N–H and O–H groups in total. The summed E-state index contributed by atoms with van der Waals surface area (Å²) in [6, 6.07) is 7.65. The Bertz CT molecular complexity index is 549. The number of carbonyl (C=O) groups excluding carboxylic acids is 1. The summed E-state index contributed by atoms with van der Waals surface area (Å²) in [6.07, 6.45) is 1.17. The van der Waals surface area contributed by atoms with Gasteiger partial charge in [-0.1, -0.05) is 29.8 Å². The molecular formula is C17H24BrN3O2. The molecule has 0 aliphatic carbocycles. The van der Waals surface area contributed by atoms with E-state index in [0.717, 1.165) is 23.2 Å². The van der Waals surface area contributed by atoms with Gasteiger partial charge < -0.3 is 9.64 Å². The SMILES string of the molecule is CCOC(=O)/C(=N\Nc1ccc(Br)cc1)N1C[C@@H](C)C[C@H](C)C1. The fourth-order valence-corrected chi connectivity index (χ4v) is 3.18. The van der Waals surface area contributed by atoms with Gasteiger partial charge in [0.25, 0.3) is 0 Å². The molecule has 0 spiro atoms. The first-order chi connectivity index (χ1) is 11.0. The first-order valence-electron chi connectivity index (χ1n) is 8.01. The van der Waals surface area contributed by atoms with Crippen LogP contribution in [0.4, 0.5) is 5.69 Å². The van der Waals surface area contributed by atoms with Gasteiger partial charge in [-0.3, -0.25) is 5.43 Å². The molecule has 1 aliphatic rings. The summed E-state index contributed by atoms with van der Waals surface area (Å²) >= 11 is 3.40. The molecule has 23 heavy (non-hydrogen) atoms. The van der Waals surface area contributed by atoms with Gasteiger partial charge in [-0.05, 0) is 49.4 Å². The standard InChI is InChI=1S/C17H24BrN3O2/c1-4-23-17(22)16(21-10-12(2)9-13(3)11-21)20-19-15-7-5-14(18)6-8-15/h5-8,12-13,19H,4,9-11H2,1-3H3/b20-16+/t12-,13-/m0/s1. The maximum atomic E-state index is 12.3. The molecule has 0 saturated carbocycles. The van der Waals surface area contributed by atoms with Crippen LogP contribution in [0.2, 0.25) is 0 Å². The Morgan fingerprint density at radius 2 is 1.91 bits per heavy atom. The number of nitrogens with zero attached hydrogens (tertiary/aromatic N) is 2. The summed E-state index contributed by atoms with van der Waals surface area (Å²) in [5, 5.41) is 4.34. The fraction of sp³-hybridized carbons (Fsp3) is 0.529. The molecule has 126 valence electrons. The lowest BCUT2D eigenvalue weighted by molar-refractivity contribution is -0.136. The molecule has 0 unspecified atom stereocenters. The lowest BCUT2D eigenvalue weighted by atomic mass is 9.92. The lowest BCUT2D eigenvalue weighted by Crippen LogP contribution is -2.46. The highest BCUT2D eigenvalue weighted by atomic mass is 79.9. The molecule has 6 heteroatoms. The first kappa shape index (κ1) is 17.8. The van der Waals surface area contributed by atoms with E-state index in [2.05, 4.69) is 40.3 Å². The summed E-state index contributed by atoms with van der Waals surface area (Å²) in [6.45, 7) is 8.20. The highest BCUT2D eigenvalue weighted by Crippen LogP contribution is 2.22. The van der Waals surface area contributed by atoms with Gasteiger partial charge in [0, 0.05) is 17.6 Å². The second-order valence-electron chi connectivity index (χ2n) is 6.13. The molecule has 1 aromatic rings. The highest BCUT2D eigenvalue weighted by molar-refractivity contribution is 9.10. The van der Waals surface area contributed by atoms with E-state index in [1.54, 1.807) is 6.92 Å². The van der Waals surface area contributed by atoms with Crippen molar-refractivity contribution in [1.82, 2.24) is 4.90 Å². The summed E-state index contributed by atoms with van der Waals surface area (Å²) in [7, 11) is 0. The van der Waals surface area contributed by atoms with Gasteiger partial charge in [-0.15, -0.1) is 5.10 Å². The van der Waals surface area contributed by atoms with Crippen molar-refractivity contribution in [3.05, 3.63) is 28.7 Å². The van der Waals surface area contributed by atoms with Crippen LogP contribution in [0.3, 0.4) is 0 Å². The zero-order chi connectivity index (χ0) is 16.8. The van der Waals surface area contributed by atoms with Gasteiger partial charge in [0.2, 0.25) is 5.84 Å². The Morgan fingerprint density at radius 1 is 1.30 bits per heavy atom. The number of ether oxygens (including phenoxy) is 1. The third-order valence-electron chi connectivity index (χ3n) is 3.76. The molecule has 2 rings (SSSR count). The summed E-state index contributed by atoms with van der Waals surface area (Å²) in [4.78, 5) is 14.3. The zero-order valence-corrected chi connectivity index (χ0v) is 15.5. The Kier molecular flexibility index (Phi) is 6.45. The number of hydrogen-bond donors (Lipinski definition) is 1. The summed E-state index contributed by atoms with van der Waals surface area (Å²) in [5.41, 5.74) is 3.79. The normalized spacial score (nSPS) is 21.9. The molecule has 1 saturated heterocycles. The average molecular weight is 382 g/mol. The Labute approximate surface area is 146 Å². The van der Waals surface area contributed by atoms with Crippen molar-refractivity contribution in [2.24, 2.45) is 16.9 Å². The third-order valence-corrected chi connectivity index (χ3v) is 4.29. The fourth-order valence-electron chi connectivity index (χ4n) is 2.92. The smallest absolute Gasteiger partial charge is 0.375 e. The van der Waals surface area contributed by atoms with E-state index in [1.807, 2.05) is 29.2 Å². The van der Waals surface area contributed by atoms with E-state index < -0.39 is 0 Å². The van der Waals surface area contributed by atoms with Gasteiger partial charge in [-0.2, -0.15) is 0 Å². The minimum absolute atomic E-state index is 0.342. The monoisotopic (exact) mass is 381 g/mol. The predicted molar refractivity (Wildman–Crippen MR) is 96.4 cm³/mol. The van der Waals surface area contributed by atoms with Gasteiger partial charge in [-0.25, -0.2) is 4.79 Å². The summed E-state index contributed by atoms with van der Waals surface area (Å²) in [5.74, 6) is 1.05. The van der Waals surface area contributed by atoms with E-state index in [-0.39, 0.29) is 5.97 Å². The molecule has 0 bridgehead atoms. The topological polar surface area (TPSA) is 53.9 Å². The van der Waals surface area contributed by atoms with Crippen LogP contribution in [0.5, 0.6) is 0 Å². The van der Waals surface area contributed by atoms with Crippen LogP contribution < -0.4 is 5.43 Å². The maximum Gasteiger partial charge on any atom is 0.375 e. The largest absolute Gasteiger partial charge is 0.460 e. The predicted octanol–water partition coefficient (Wildman–Crippen LogP) is 3.72. The third kappa shape index (κ3) is 5.23.